The van der Waals surface area contributed by atoms with Gasteiger partial charge in [-0.25, -0.2) is 0 Å². The zero-order valence-corrected chi connectivity index (χ0v) is 13.6. The summed E-state index contributed by atoms with van der Waals surface area (Å²) in [6.45, 7) is 6.47. The summed E-state index contributed by atoms with van der Waals surface area (Å²) in [6, 6.07) is 6.67. The first-order valence-electron chi connectivity index (χ1n) is 8.27. The summed E-state index contributed by atoms with van der Waals surface area (Å²) in [6.07, 6.45) is 2.31. The second-order valence-electron chi connectivity index (χ2n) is 6.56. The first-order chi connectivity index (χ1) is 11.2. The van der Waals surface area contributed by atoms with Crippen molar-refractivity contribution in [3.63, 3.8) is 0 Å². The van der Waals surface area contributed by atoms with E-state index in [1.165, 1.54) is 0 Å². The predicted molar refractivity (Wildman–Crippen MR) is 83.9 cm³/mol. The summed E-state index contributed by atoms with van der Waals surface area (Å²) in [4.78, 5) is 7.13. The fraction of sp³-hybridized carbons (Fsp3) is 0.588. The minimum Gasteiger partial charge on any atom is -0.425 e. The minimum atomic E-state index is 0.236. The van der Waals surface area contributed by atoms with Crippen LogP contribution in [-0.4, -0.2) is 45.4 Å². The number of aryl methyl sites for hydroxylation is 2. The summed E-state index contributed by atoms with van der Waals surface area (Å²) in [5.74, 6) is 1.60. The third kappa shape index (κ3) is 3.01. The molecule has 0 saturated carbocycles. The molecule has 2 aromatic rings. The lowest BCUT2D eigenvalue weighted by atomic mass is 9.89. The fourth-order valence-electron chi connectivity index (χ4n) is 3.79. The van der Waals surface area contributed by atoms with Crippen molar-refractivity contribution in [3.05, 3.63) is 41.4 Å². The number of fused-ring (bicyclic) bond motifs is 1. The molecule has 0 unspecified atom stereocenters. The Balaban J connectivity index is 1.56. The number of likely N-dealkylation sites (tertiary alicyclic amines) is 1. The molecule has 0 spiro atoms. The van der Waals surface area contributed by atoms with Crippen molar-refractivity contribution in [2.45, 2.75) is 51.3 Å². The maximum atomic E-state index is 5.96. The molecular formula is C17H22N4O2. The molecule has 0 bridgehead atoms. The Morgan fingerprint density at radius 2 is 2.17 bits per heavy atom. The summed E-state index contributed by atoms with van der Waals surface area (Å²) in [7, 11) is 0. The molecule has 23 heavy (non-hydrogen) atoms. The lowest BCUT2D eigenvalue weighted by molar-refractivity contribution is 0.00873. The maximum absolute atomic E-state index is 5.96. The van der Waals surface area contributed by atoms with Crippen molar-refractivity contribution in [1.82, 2.24) is 20.1 Å². The molecule has 0 aliphatic carbocycles. The fourth-order valence-corrected chi connectivity index (χ4v) is 3.79. The monoisotopic (exact) mass is 314 g/mol. The summed E-state index contributed by atoms with van der Waals surface area (Å²) in [5.41, 5.74) is 2.17. The van der Waals surface area contributed by atoms with Crippen LogP contribution in [-0.2, 0) is 11.3 Å². The lowest BCUT2D eigenvalue weighted by Gasteiger charge is -2.39. The van der Waals surface area contributed by atoms with Gasteiger partial charge in [-0.2, -0.15) is 0 Å². The van der Waals surface area contributed by atoms with E-state index < -0.39 is 0 Å². The molecule has 4 heterocycles. The average Bonchev–Trinajstić information content (AvgIpc) is 3.16. The summed E-state index contributed by atoms with van der Waals surface area (Å²) < 4.78 is 11.6. The number of hydrogen-bond donors (Lipinski definition) is 0. The largest absolute Gasteiger partial charge is 0.425 e. The summed E-state index contributed by atoms with van der Waals surface area (Å²) in [5, 5.41) is 8.20. The molecule has 0 N–H and O–H groups in total. The van der Waals surface area contributed by atoms with Gasteiger partial charge in [0.05, 0.1) is 17.7 Å². The van der Waals surface area contributed by atoms with E-state index in [-0.39, 0.29) is 12.0 Å². The zero-order chi connectivity index (χ0) is 15.8. The van der Waals surface area contributed by atoms with Crippen molar-refractivity contribution in [2.75, 3.05) is 13.2 Å². The highest BCUT2D eigenvalue weighted by molar-refractivity contribution is 5.11. The van der Waals surface area contributed by atoms with Crippen molar-refractivity contribution in [2.24, 2.45) is 0 Å². The molecule has 0 amide bonds. The number of nitrogens with zero attached hydrogens (tertiary/aromatic N) is 4. The SMILES string of the molecule is Cc1cccc(CN2C[C@H](c3nnc(C)o3)C[C@@H]3OCC[C@@H]32)n1. The van der Waals surface area contributed by atoms with Crippen LogP contribution < -0.4 is 0 Å². The lowest BCUT2D eigenvalue weighted by Crippen LogP contribution is -2.48. The van der Waals surface area contributed by atoms with Crippen LogP contribution in [0.5, 0.6) is 0 Å². The Labute approximate surface area is 135 Å². The van der Waals surface area contributed by atoms with E-state index in [1.807, 2.05) is 19.9 Å². The maximum Gasteiger partial charge on any atom is 0.220 e. The van der Waals surface area contributed by atoms with Crippen molar-refractivity contribution < 1.29 is 9.15 Å². The molecule has 6 nitrogen and oxygen atoms in total. The normalized spacial score (nSPS) is 28.0. The smallest absolute Gasteiger partial charge is 0.220 e. The van der Waals surface area contributed by atoms with E-state index in [9.17, 15) is 0 Å². The van der Waals surface area contributed by atoms with E-state index in [4.69, 9.17) is 9.15 Å². The first-order valence-corrected chi connectivity index (χ1v) is 8.27. The second kappa shape index (κ2) is 6.02. The predicted octanol–water partition coefficient (Wildman–Crippen LogP) is 2.23. The van der Waals surface area contributed by atoms with Crippen molar-refractivity contribution in [3.8, 4) is 0 Å². The van der Waals surface area contributed by atoms with Crippen LogP contribution in [0, 0.1) is 13.8 Å². The molecule has 0 aromatic carbocycles. The molecule has 2 aliphatic heterocycles. The molecular weight excluding hydrogens is 292 g/mol. The van der Waals surface area contributed by atoms with Crippen LogP contribution in [0.15, 0.2) is 22.6 Å². The molecule has 3 atom stereocenters. The van der Waals surface area contributed by atoms with Gasteiger partial charge < -0.3 is 9.15 Å². The molecule has 2 aliphatic rings. The molecule has 4 rings (SSSR count). The van der Waals surface area contributed by atoms with Gasteiger partial charge in [-0.1, -0.05) is 6.07 Å². The third-order valence-corrected chi connectivity index (χ3v) is 4.82. The molecule has 2 saturated heterocycles. The van der Waals surface area contributed by atoms with Gasteiger partial charge >= 0.3 is 0 Å². The molecule has 2 fully saturated rings. The number of rotatable bonds is 3. The van der Waals surface area contributed by atoms with Crippen molar-refractivity contribution in [1.29, 1.82) is 0 Å². The Morgan fingerprint density at radius 1 is 1.26 bits per heavy atom. The van der Waals surface area contributed by atoms with E-state index >= 15 is 0 Å². The third-order valence-electron chi connectivity index (χ3n) is 4.82. The van der Waals surface area contributed by atoms with Crippen LogP contribution in [0.2, 0.25) is 0 Å². The number of piperidine rings is 1. The van der Waals surface area contributed by atoms with Crippen LogP contribution in [0.1, 0.15) is 41.9 Å². The number of ether oxygens (including phenoxy) is 1. The van der Waals surface area contributed by atoms with Crippen molar-refractivity contribution >= 4 is 0 Å². The van der Waals surface area contributed by atoms with Gasteiger partial charge in [0.15, 0.2) is 0 Å². The summed E-state index contributed by atoms with van der Waals surface area (Å²) >= 11 is 0. The second-order valence-corrected chi connectivity index (χ2v) is 6.56. The van der Waals surface area contributed by atoms with Gasteiger partial charge in [-0.15, -0.1) is 10.2 Å². The van der Waals surface area contributed by atoms with Crippen LogP contribution >= 0.6 is 0 Å². The number of pyridine rings is 1. The topological polar surface area (TPSA) is 64.3 Å². The molecule has 0 radical (unpaired) electrons. The molecule has 6 heteroatoms. The van der Waals surface area contributed by atoms with E-state index in [0.717, 1.165) is 49.8 Å². The molecule has 122 valence electrons. The van der Waals surface area contributed by atoms with Gasteiger partial charge in [0.2, 0.25) is 11.8 Å². The highest BCUT2D eigenvalue weighted by atomic mass is 16.5. The Morgan fingerprint density at radius 3 is 2.96 bits per heavy atom. The Bertz CT molecular complexity index is 687. The van der Waals surface area contributed by atoms with Gasteiger partial charge in [0.25, 0.3) is 0 Å². The standard InChI is InChI=1S/C17H22N4O2/c1-11-4-3-5-14(18-11)10-21-9-13(17-20-19-12(2)23-17)8-16-15(21)6-7-22-16/h3-5,13,15-16H,6-10H2,1-2H3/t13-,15+,16+/m1/s1. The van der Waals surface area contributed by atoms with E-state index in [1.54, 1.807) is 0 Å². The Kier molecular flexibility index (Phi) is 3.87. The molecule has 2 aromatic heterocycles. The number of aromatic nitrogens is 3. The van der Waals surface area contributed by atoms with Gasteiger partial charge in [-0.3, -0.25) is 9.88 Å². The number of hydrogen-bond acceptors (Lipinski definition) is 6. The van der Waals surface area contributed by atoms with Gasteiger partial charge in [-0.05, 0) is 31.9 Å². The quantitative estimate of drug-likeness (QED) is 0.865. The zero-order valence-electron chi connectivity index (χ0n) is 13.6. The average molecular weight is 314 g/mol. The van der Waals surface area contributed by atoms with Crippen LogP contribution in [0.3, 0.4) is 0 Å². The van der Waals surface area contributed by atoms with Gasteiger partial charge in [0, 0.05) is 38.4 Å². The highest BCUT2D eigenvalue weighted by Crippen LogP contribution is 2.36. The van der Waals surface area contributed by atoms with Gasteiger partial charge in [0.1, 0.15) is 0 Å². The van der Waals surface area contributed by atoms with E-state index in [2.05, 4.69) is 32.2 Å². The van der Waals surface area contributed by atoms with Crippen LogP contribution in [0.4, 0.5) is 0 Å². The highest BCUT2D eigenvalue weighted by Gasteiger charge is 2.42. The van der Waals surface area contributed by atoms with E-state index in [0.29, 0.717) is 11.9 Å². The Hall–Kier alpha value is -1.79. The first kappa shape index (κ1) is 14.8. The van der Waals surface area contributed by atoms with Crippen LogP contribution in [0.25, 0.3) is 0 Å². The minimum absolute atomic E-state index is 0.236.